The number of carbonyl (C=O) groups is 3. The van der Waals surface area contributed by atoms with E-state index >= 15 is 0 Å². The Balaban J connectivity index is 1.61. The van der Waals surface area contributed by atoms with Crippen LogP contribution in [-0.4, -0.2) is 41.1 Å². The molecule has 3 atom stereocenters. The second kappa shape index (κ2) is 8.18. The summed E-state index contributed by atoms with van der Waals surface area (Å²) in [7, 11) is 0. The number of ether oxygens (including phenoxy) is 1. The number of carbonyl (C=O) groups excluding carboxylic acids is 2. The summed E-state index contributed by atoms with van der Waals surface area (Å²) in [6, 6.07) is 13.1. The summed E-state index contributed by atoms with van der Waals surface area (Å²) >= 11 is 0. The molecule has 27 heavy (non-hydrogen) atoms. The molecular weight excluding hydrogens is 348 g/mol. The van der Waals surface area contributed by atoms with Gasteiger partial charge in [0, 0.05) is 6.54 Å². The predicted octanol–water partition coefficient (Wildman–Crippen LogP) is 1.59. The minimum absolute atomic E-state index is 0.300. The van der Waals surface area contributed by atoms with Gasteiger partial charge in [-0.3, -0.25) is 9.59 Å². The van der Waals surface area contributed by atoms with Crippen molar-refractivity contribution in [1.29, 1.82) is 0 Å². The SMILES string of the molecule is CCC[C@H](NC(=O)[C@H]1O[C@@H]1C(=O)O)C(=O)NCc1cccc2ccccc12. The van der Waals surface area contributed by atoms with Crippen LogP contribution in [-0.2, 0) is 25.7 Å². The van der Waals surface area contributed by atoms with Gasteiger partial charge in [-0.2, -0.15) is 0 Å². The van der Waals surface area contributed by atoms with Gasteiger partial charge in [-0.25, -0.2) is 4.79 Å². The zero-order valence-electron chi connectivity index (χ0n) is 15.0. The molecule has 0 aromatic heterocycles. The van der Waals surface area contributed by atoms with Gasteiger partial charge < -0.3 is 20.5 Å². The molecule has 2 aromatic carbocycles. The molecule has 1 heterocycles. The van der Waals surface area contributed by atoms with Crippen molar-refractivity contribution in [3.8, 4) is 0 Å². The lowest BCUT2D eigenvalue weighted by molar-refractivity contribution is -0.138. The number of nitrogens with one attached hydrogen (secondary N) is 2. The molecule has 3 rings (SSSR count). The number of carboxylic acids is 1. The monoisotopic (exact) mass is 370 g/mol. The quantitative estimate of drug-likeness (QED) is 0.612. The Morgan fingerprint density at radius 1 is 1.11 bits per heavy atom. The van der Waals surface area contributed by atoms with Crippen LogP contribution < -0.4 is 10.6 Å². The average Bonchev–Trinajstić information content (AvgIpc) is 3.47. The van der Waals surface area contributed by atoms with Crippen LogP contribution in [0, 0.1) is 0 Å². The lowest BCUT2D eigenvalue weighted by Crippen LogP contribution is -2.48. The van der Waals surface area contributed by atoms with Crippen LogP contribution in [0.25, 0.3) is 10.8 Å². The zero-order chi connectivity index (χ0) is 19.4. The lowest BCUT2D eigenvalue weighted by atomic mass is 10.0. The van der Waals surface area contributed by atoms with E-state index < -0.39 is 30.1 Å². The molecule has 2 amide bonds. The van der Waals surface area contributed by atoms with Gasteiger partial charge in [-0.1, -0.05) is 55.8 Å². The van der Waals surface area contributed by atoms with Gasteiger partial charge in [0.05, 0.1) is 0 Å². The van der Waals surface area contributed by atoms with Crippen LogP contribution in [0.5, 0.6) is 0 Å². The minimum Gasteiger partial charge on any atom is -0.479 e. The van der Waals surface area contributed by atoms with E-state index in [0.717, 1.165) is 16.3 Å². The Kier molecular flexibility index (Phi) is 5.71. The number of epoxide rings is 1. The Labute approximate surface area is 156 Å². The van der Waals surface area contributed by atoms with Gasteiger partial charge in [-0.15, -0.1) is 0 Å². The first-order valence-electron chi connectivity index (χ1n) is 8.94. The van der Waals surface area contributed by atoms with Crippen LogP contribution in [0.1, 0.15) is 25.3 Å². The van der Waals surface area contributed by atoms with Crippen molar-refractivity contribution in [3.63, 3.8) is 0 Å². The molecule has 1 aliphatic heterocycles. The van der Waals surface area contributed by atoms with E-state index in [-0.39, 0.29) is 5.91 Å². The number of fused-ring (bicyclic) bond motifs is 1. The molecular formula is C20H22N2O5. The number of amides is 2. The van der Waals surface area contributed by atoms with E-state index in [9.17, 15) is 14.4 Å². The maximum atomic E-state index is 12.6. The first kappa shape index (κ1) is 18.8. The number of hydrogen-bond donors (Lipinski definition) is 3. The van der Waals surface area contributed by atoms with E-state index in [1.165, 1.54) is 0 Å². The fraction of sp³-hybridized carbons (Fsp3) is 0.350. The van der Waals surface area contributed by atoms with Crippen molar-refractivity contribution >= 4 is 28.6 Å². The maximum absolute atomic E-state index is 12.6. The fourth-order valence-electron chi connectivity index (χ4n) is 3.06. The molecule has 1 saturated heterocycles. The van der Waals surface area contributed by atoms with E-state index in [1.54, 1.807) is 0 Å². The van der Waals surface area contributed by atoms with Crippen LogP contribution in [0.4, 0.5) is 0 Å². The van der Waals surface area contributed by atoms with Gasteiger partial charge in [0.2, 0.25) is 5.91 Å². The van der Waals surface area contributed by atoms with Gasteiger partial charge in [0.25, 0.3) is 5.91 Å². The largest absolute Gasteiger partial charge is 0.479 e. The highest BCUT2D eigenvalue weighted by Gasteiger charge is 2.51. The highest BCUT2D eigenvalue weighted by Crippen LogP contribution is 2.22. The molecule has 142 valence electrons. The van der Waals surface area contributed by atoms with Crippen LogP contribution in [0.3, 0.4) is 0 Å². The summed E-state index contributed by atoms with van der Waals surface area (Å²) < 4.78 is 4.83. The predicted molar refractivity (Wildman–Crippen MR) is 98.9 cm³/mol. The molecule has 0 saturated carbocycles. The topological polar surface area (TPSA) is 108 Å². The van der Waals surface area contributed by atoms with Gasteiger partial charge >= 0.3 is 5.97 Å². The number of hydrogen-bond acceptors (Lipinski definition) is 4. The van der Waals surface area contributed by atoms with Crippen molar-refractivity contribution in [2.24, 2.45) is 0 Å². The molecule has 1 fully saturated rings. The van der Waals surface area contributed by atoms with Crippen molar-refractivity contribution in [2.75, 3.05) is 0 Å². The zero-order valence-corrected chi connectivity index (χ0v) is 15.0. The van der Waals surface area contributed by atoms with Crippen LogP contribution in [0.15, 0.2) is 42.5 Å². The molecule has 0 aliphatic carbocycles. The minimum atomic E-state index is -1.18. The van der Waals surface area contributed by atoms with E-state index in [0.29, 0.717) is 19.4 Å². The van der Waals surface area contributed by atoms with Gasteiger partial charge in [-0.05, 0) is 22.8 Å². The van der Waals surface area contributed by atoms with Crippen LogP contribution >= 0.6 is 0 Å². The third-order valence-electron chi connectivity index (χ3n) is 4.54. The highest BCUT2D eigenvalue weighted by atomic mass is 16.6. The Bertz CT molecular complexity index is 861. The Morgan fingerprint density at radius 3 is 2.56 bits per heavy atom. The Hall–Kier alpha value is -2.93. The molecule has 0 radical (unpaired) electrons. The average molecular weight is 370 g/mol. The molecule has 1 aliphatic rings. The summed E-state index contributed by atoms with van der Waals surface area (Å²) in [5.41, 5.74) is 0.986. The first-order chi connectivity index (χ1) is 13.0. The van der Waals surface area contributed by atoms with Crippen molar-refractivity contribution in [3.05, 3.63) is 48.0 Å². The summed E-state index contributed by atoms with van der Waals surface area (Å²) in [6.45, 7) is 2.25. The third-order valence-corrected chi connectivity index (χ3v) is 4.54. The highest BCUT2D eigenvalue weighted by molar-refractivity contribution is 5.95. The van der Waals surface area contributed by atoms with E-state index in [4.69, 9.17) is 9.84 Å². The normalized spacial score (nSPS) is 19.3. The summed E-state index contributed by atoms with van der Waals surface area (Å²) in [4.78, 5) is 35.4. The molecule has 2 aromatic rings. The summed E-state index contributed by atoms with van der Waals surface area (Å²) in [6.07, 6.45) is -0.989. The molecule has 7 heteroatoms. The number of benzene rings is 2. The smallest absolute Gasteiger partial charge is 0.336 e. The maximum Gasteiger partial charge on any atom is 0.336 e. The van der Waals surface area contributed by atoms with E-state index in [2.05, 4.69) is 10.6 Å². The number of carboxylic acid groups (broad SMARTS) is 1. The number of rotatable bonds is 8. The standard InChI is InChI=1S/C20H22N2O5/c1-2-6-15(22-19(24)16-17(27-16)20(25)26)18(23)21-11-13-9-5-8-12-7-3-4-10-14(12)13/h3-5,7-10,15-17H,2,6,11H2,1H3,(H,21,23)(H,22,24)(H,25,26)/t15-,16-,17-/m0/s1. The van der Waals surface area contributed by atoms with E-state index in [1.807, 2.05) is 49.4 Å². The lowest BCUT2D eigenvalue weighted by Gasteiger charge is -2.18. The Morgan fingerprint density at radius 2 is 1.85 bits per heavy atom. The van der Waals surface area contributed by atoms with Crippen molar-refractivity contribution < 1.29 is 24.2 Å². The molecule has 0 spiro atoms. The summed E-state index contributed by atoms with van der Waals surface area (Å²) in [5, 5.41) is 16.4. The van der Waals surface area contributed by atoms with Gasteiger partial charge in [0.15, 0.2) is 12.2 Å². The van der Waals surface area contributed by atoms with Crippen LogP contribution in [0.2, 0.25) is 0 Å². The molecule has 0 unspecified atom stereocenters. The second-order valence-corrected chi connectivity index (χ2v) is 6.52. The summed E-state index contributed by atoms with van der Waals surface area (Å²) in [5.74, 6) is -2.05. The van der Waals surface area contributed by atoms with Crippen molar-refractivity contribution in [2.45, 2.75) is 44.6 Å². The molecule has 0 bridgehead atoms. The first-order valence-corrected chi connectivity index (χ1v) is 8.94. The van der Waals surface area contributed by atoms with Gasteiger partial charge in [0.1, 0.15) is 6.04 Å². The third kappa shape index (κ3) is 4.43. The fourth-order valence-corrected chi connectivity index (χ4v) is 3.06. The second-order valence-electron chi connectivity index (χ2n) is 6.52. The molecule has 7 nitrogen and oxygen atoms in total. The van der Waals surface area contributed by atoms with Crippen molar-refractivity contribution in [1.82, 2.24) is 10.6 Å². The molecule has 3 N–H and O–H groups in total. The number of aliphatic carboxylic acids is 1.